The van der Waals surface area contributed by atoms with Gasteiger partial charge in [-0.2, -0.15) is 4.31 Å². The highest BCUT2D eigenvalue weighted by Gasteiger charge is 2.39. The minimum Gasteiger partial charge on any atom is -0.468 e. The van der Waals surface area contributed by atoms with Crippen LogP contribution in [-0.4, -0.2) is 60.2 Å². The fourth-order valence-electron chi connectivity index (χ4n) is 2.72. The largest absolute Gasteiger partial charge is 0.468 e. The quantitative estimate of drug-likeness (QED) is 0.367. The molecule has 2 heterocycles. The van der Waals surface area contributed by atoms with Crippen molar-refractivity contribution in [3.63, 3.8) is 0 Å². The molecule has 1 aromatic heterocycles. The van der Waals surface area contributed by atoms with Gasteiger partial charge in [-0.15, -0.1) is 10.2 Å². The lowest BCUT2D eigenvalue weighted by molar-refractivity contribution is -0.137. The Morgan fingerprint density at radius 3 is 2.76 bits per heavy atom. The number of methoxy groups -OCH3 is 1. The molecule has 13 heteroatoms. The van der Waals surface area contributed by atoms with Gasteiger partial charge in [-0.25, -0.2) is 8.42 Å². The number of esters is 1. The van der Waals surface area contributed by atoms with Crippen LogP contribution in [0.25, 0.3) is 0 Å². The van der Waals surface area contributed by atoms with Gasteiger partial charge in [0, 0.05) is 11.6 Å². The predicted octanol–water partition coefficient (Wildman–Crippen LogP) is 2.25. The Hall–Kier alpha value is -1.73. The van der Waals surface area contributed by atoms with Gasteiger partial charge in [0.1, 0.15) is 6.04 Å². The number of amides is 1. The lowest BCUT2D eigenvalue weighted by Crippen LogP contribution is -2.43. The molecule has 29 heavy (non-hydrogen) atoms. The number of rotatable bonds is 7. The van der Waals surface area contributed by atoms with E-state index in [9.17, 15) is 18.0 Å². The number of benzene rings is 1. The number of carbonyl (C=O) groups is 2. The van der Waals surface area contributed by atoms with Crippen LogP contribution in [-0.2, 0) is 24.3 Å². The number of halogens is 1. The van der Waals surface area contributed by atoms with Gasteiger partial charge in [0.05, 0.1) is 17.8 Å². The van der Waals surface area contributed by atoms with Crippen LogP contribution in [0.15, 0.2) is 33.5 Å². The van der Waals surface area contributed by atoms with Crippen LogP contribution in [0.4, 0.5) is 5.13 Å². The molecule has 3 rings (SSSR count). The van der Waals surface area contributed by atoms with Crippen LogP contribution in [0.1, 0.15) is 12.8 Å². The maximum Gasteiger partial charge on any atom is 0.316 e. The van der Waals surface area contributed by atoms with Crippen LogP contribution >= 0.6 is 34.7 Å². The topological polar surface area (TPSA) is 119 Å². The lowest BCUT2D eigenvalue weighted by Gasteiger charge is -2.23. The maximum absolute atomic E-state index is 12.9. The van der Waals surface area contributed by atoms with Gasteiger partial charge in [-0.05, 0) is 37.1 Å². The molecule has 1 amide bonds. The molecular formula is C16H17ClN4O5S3. The van der Waals surface area contributed by atoms with Crippen molar-refractivity contribution in [2.24, 2.45) is 0 Å². The van der Waals surface area contributed by atoms with Crippen LogP contribution in [0, 0.1) is 0 Å². The van der Waals surface area contributed by atoms with E-state index >= 15 is 0 Å². The summed E-state index contributed by atoms with van der Waals surface area (Å²) in [4.78, 5) is 24.0. The van der Waals surface area contributed by atoms with E-state index in [1.54, 1.807) is 0 Å². The minimum absolute atomic E-state index is 0.0782. The molecule has 0 bridgehead atoms. The summed E-state index contributed by atoms with van der Waals surface area (Å²) in [6.45, 7) is 0.249. The molecule has 1 N–H and O–H groups in total. The zero-order valence-electron chi connectivity index (χ0n) is 15.2. The minimum atomic E-state index is -3.83. The second-order valence-corrected chi connectivity index (χ2v) is 10.5. The summed E-state index contributed by atoms with van der Waals surface area (Å²) in [6, 6.07) is 4.98. The van der Waals surface area contributed by atoms with E-state index in [4.69, 9.17) is 11.6 Å². The Bertz CT molecular complexity index is 996. The zero-order valence-corrected chi connectivity index (χ0v) is 18.4. The van der Waals surface area contributed by atoms with Crippen molar-refractivity contribution in [1.82, 2.24) is 14.5 Å². The van der Waals surface area contributed by atoms with Gasteiger partial charge < -0.3 is 4.74 Å². The third kappa shape index (κ3) is 5.25. The second kappa shape index (κ2) is 9.39. The predicted molar refractivity (Wildman–Crippen MR) is 110 cm³/mol. The van der Waals surface area contributed by atoms with Gasteiger partial charge in [0.15, 0.2) is 4.34 Å². The number of nitrogens with one attached hydrogen (secondary N) is 1. The number of hydrogen-bond acceptors (Lipinski definition) is 9. The molecule has 1 saturated heterocycles. The second-order valence-electron chi connectivity index (χ2n) is 5.95. The fourth-order valence-corrected chi connectivity index (χ4v) is 6.09. The molecule has 1 aliphatic rings. The SMILES string of the molecule is COC(=O)CSc1nnc(NC(=O)C2CCCN2S(=O)(=O)c2ccc(Cl)cc2)s1. The molecule has 1 unspecified atom stereocenters. The highest BCUT2D eigenvalue weighted by molar-refractivity contribution is 8.01. The molecular weight excluding hydrogens is 460 g/mol. The average molecular weight is 477 g/mol. The smallest absolute Gasteiger partial charge is 0.316 e. The monoisotopic (exact) mass is 476 g/mol. The summed E-state index contributed by atoms with van der Waals surface area (Å²) in [5.74, 6) is -0.792. The summed E-state index contributed by atoms with van der Waals surface area (Å²) in [6.07, 6.45) is 0.975. The first-order valence-electron chi connectivity index (χ1n) is 8.42. The summed E-state index contributed by atoms with van der Waals surface area (Å²) < 4.78 is 32.1. The number of hydrogen-bond donors (Lipinski definition) is 1. The van der Waals surface area contributed by atoms with E-state index in [1.165, 1.54) is 35.7 Å². The van der Waals surface area contributed by atoms with E-state index in [0.29, 0.717) is 22.2 Å². The first-order valence-corrected chi connectivity index (χ1v) is 12.0. The van der Waals surface area contributed by atoms with Crippen LogP contribution in [0.2, 0.25) is 5.02 Å². The molecule has 1 aliphatic heterocycles. The lowest BCUT2D eigenvalue weighted by atomic mass is 10.2. The van der Waals surface area contributed by atoms with E-state index < -0.39 is 27.9 Å². The Morgan fingerprint density at radius 1 is 1.34 bits per heavy atom. The van der Waals surface area contributed by atoms with Crippen molar-refractivity contribution in [3.8, 4) is 0 Å². The first-order chi connectivity index (χ1) is 13.8. The van der Waals surface area contributed by atoms with Crippen molar-refractivity contribution >= 4 is 61.7 Å². The van der Waals surface area contributed by atoms with Crippen LogP contribution < -0.4 is 5.32 Å². The zero-order chi connectivity index (χ0) is 21.0. The highest BCUT2D eigenvalue weighted by Crippen LogP contribution is 2.29. The molecule has 1 atom stereocenters. The van der Waals surface area contributed by atoms with Gasteiger partial charge in [0.25, 0.3) is 0 Å². The van der Waals surface area contributed by atoms with E-state index in [1.807, 2.05) is 0 Å². The van der Waals surface area contributed by atoms with Crippen molar-refractivity contribution in [2.45, 2.75) is 28.1 Å². The van der Waals surface area contributed by atoms with Crippen molar-refractivity contribution in [2.75, 3.05) is 24.7 Å². The maximum atomic E-state index is 12.9. The Kier molecular flexibility index (Phi) is 7.11. The number of thioether (sulfide) groups is 1. The molecule has 9 nitrogen and oxygen atoms in total. The molecule has 1 fully saturated rings. The number of sulfonamides is 1. The fraction of sp³-hybridized carbons (Fsp3) is 0.375. The molecule has 1 aromatic carbocycles. The normalized spacial score (nSPS) is 17.2. The van der Waals surface area contributed by atoms with Gasteiger partial charge >= 0.3 is 5.97 Å². The number of carbonyl (C=O) groups excluding carboxylic acids is 2. The molecule has 0 radical (unpaired) electrons. The highest BCUT2D eigenvalue weighted by atomic mass is 35.5. The number of ether oxygens (including phenoxy) is 1. The van der Waals surface area contributed by atoms with Gasteiger partial charge in [-0.3, -0.25) is 14.9 Å². The standard InChI is InChI=1S/C16H17ClN4O5S3/c1-26-13(22)9-27-16-20-19-15(28-16)18-14(23)12-3-2-8-21(12)29(24,25)11-6-4-10(17)5-7-11/h4-7,12H,2-3,8-9H2,1H3,(H,18,19,23). The molecule has 0 aliphatic carbocycles. The van der Waals surface area contributed by atoms with Crippen molar-refractivity contribution < 1.29 is 22.7 Å². The molecule has 156 valence electrons. The van der Waals surface area contributed by atoms with Gasteiger partial charge in [-0.1, -0.05) is 34.7 Å². The molecule has 2 aromatic rings. The van der Waals surface area contributed by atoms with Gasteiger partial charge in [0.2, 0.25) is 21.1 Å². The summed E-state index contributed by atoms with van der Waals surface area (Å²) >= 11 is 8.07. The van der Waals surface area contributed by atoms with Crippen LogP contribution in [0.5, 0.6) is 0 Å². The Balaban J connectivity index is 1.68. The first kappa shape index (κ1) is 22.0. The molecule has 0 spiro atoms. The number of aromatic nitrogens is 2. The number of anilines is 1. The summed E-state index contributed by atoms with van der Waals surface area (Å²) in [5.41, 5.74) is 0. The van der Waals surface area contributed by atoms with Crippen molar-refractivity contribution in [3.05, 3.63) is 29.3 Å². The Labute approximate surface area is 180 Å². The van der Waals surface area contributed by atoms with E-state index in [-0.39, 0.29) is 22.3 Å². The van der Waals surface area contributed by atoms with E-state index in [0.717, 1.165) is 23.1 Å². The van der Waals surface area contributed by atoms with Crippen molar-refractivity contribution in [1.29, 1.82) is 0 Å². The van der Waals surface area contributed by atoms with Crippen LogP contribution in [0.3, 0.4) is 0 Å². The van der Waals surface area contributed by atoms with E-state index in [2.05, 4.69) is 20.3 Å². The summed E-state index contributed by atoms with van der Waals surface area (Å²) in [5, 5.41) is 11.0. The number of nitrogens with zero attached hydrogens (tertiary/aromatic N) is 3. The third-order valence-electron chi connectivity index (χ3n) is 4.10. The summed E-state index contributed by atoms with van der Waals surface area (Å²) in [7, 11) is -2.54. The average Bonchev–Trinajstić information content (AvgIpc) is 3.36. The molecule has 0 saturated carbocycles. The Morgan fingerprint density at radius 2 is 2.07 bits per heavy atom. The third-order valence-corrected chi connectivity index (χ3v) is 8.22.